The second-order valence-electron chi connectivity index (χ2n) is 5.64. The zero-order valence-electron chi connectivity index (χ0n) is 13.4. The summed E-state index contributed by atoms with van der Waals surface area (Å²) in [5.41, 5.74) is 8.42. The van der Waals surface area contributed by atoms with E-state index in [4.69, 9.17) is 17.3 Å². The van der Waals surface area contributed by atoms with Gasteiger partial charge in [0.05, 0.1) is 11.7 Å². The molecule has 3 rings (SSSR count). The fourth-order valence-electron chi connectivity index (χ4n) is 2.64. The number of carbonyl (C=O) groups is 1. The van der Waals surface area contributed by atoms with Crippen molar-refractivity contribution in [3.63, 3.8) is 0 Å². The van der Waals surface area contributed by atoms with E-state index in [1.807, 2.05) is 13.8 Å². The third kappa shape index (κ3) is 3.37. The normalized spacial score (nSPS) is 18.0. The molecule has 3 N–H and O–H groups in total. The van der Waals surface area contributed by atoms with Crippen molar-refractivity contribution in [2.75, 3.05) is 11.9 Å². The molecule has 1 atom stereocenters. The molecule has 0 radical (unpaired) electrons. The monoisotopic (exact) mass is 363 g/mol. The van der Waals surface area contributed by atoms with Crippen molar-refractivity contribution >= 4 is 34.2 Å². The maximum Gasteiger partial charge on any atom is 0.254 e. The number of anilines is 1. The molecule has 1 amide bonds. The van der Waals surface area contributed by atoms with Crippen molar-refractivity contribution in [3.8, 4) is 0 Å². The summed E-state index contributed by atoms with van der Waals surface area (Å²) < 4.78 is 4.15. The van der Waals surface area contributed by atoms with Crippen LogP contribution in [0.15, 0.2) is 35.7 Å². The predicted molar refractivity (Wildman–Crippen MR) is 96.0 cm³/mol. The Morgan fingerprint density at radius 3 is 2.75 bits per heavy atom. The molecule has 1 unspecified atom stereocenters. The predicted octanol–water partition coefficient (Wildman–Crippen LogP) is 3.02. The van der Waals surface area contributed by atoms with Crippen molar-refractivity contribution in [2.24, 2.45) is 5.73 Å². The Morgan fingerprint density at radius 2 is 2.12 bits per heavy atom. The molecule has 0 saturated heterocycles. The molecule has 6 nitrogen and oxygen atoms in total. The van der Waals surface area contributed by atoms with E-state index < -0.39 is 0 Å². The van der Waals surface area contributed by atoms with E-state index in [0.29, 0.717) is 29.2 Å². The summed E-state index contributed by atoms with van der Waals surface area (Å²) in [6, 6.07) is 6.70. The van der Waals surface area contributed by atoms with E-state index in [-0.39, 0.29) is 11.9 Å². The first kappa shape index (κ1) is 16.7. The first-order valence-electron chi connectivity index (χ1n) is 7.58. The van der Waals surface area contributed by atoms with Crippen LogP contribution in [0.5, 0.6) is 0 Å². The highest BCUT2D eigenvalue weighted by atomic mass is 35.5. The average Bonchev–Trinajstić information content (AvgIpc) is 2.97. The highest BCUT2D eigenvalue weighted by Crippen LogP contribution is 2.25. The van der Waals surface area contributed by atoms with Gasteiger partial charge in [-0.1, -0.05) is 11.6 Å². The molecular weight excluding hydrogens is 346 g/mol. The minimum atomic E-state index is -0.196. The highest BCUT2D eigenvalue weighted by molar-refractivity contribution is 7.09. The third-order valence-corrected chi connectivity index (χ3v) is 4.98. The Kier molecular flexibility index (Phi) is 4.73. The summed E-state index contributed by atoms with van der Waals surface area (Å²) in [4.78, 5) is 18.8. The van der Waals surface area contributed by atoms with Crippen molar-refractivity contribution in [1.29, 1.82) is 0 Å². The molecule has 2 heterocycles. The van der Waals surface area contributed by atoms with Gasteiger partial charge in [-0.25, -0.2) is 4.98 Å². The van der Waals surface area contributed by atoms with Crippen LogP contribution in [0.1, 0.15) is 29.5 Å². The summed E-state index contributed by atoms with van der Waals surface area (Å²) in [6.45, 7) is 4.36. The third-order valence-electron chi connectivity index (χ3n) is 4.01. The standard InChI is InChI=1S/C16H18ClN5OS/c1-9-14(18)13(20-16-19-10(2)21-24-16)7-8-22(9)15(23)11-3-5-12(17)6-4-11/h3-6,9H,7-8,18H2,1-2H3,(H,19,20,21). The van der Waals surface area contributed by atoms with Gasteiger partial charge < -0.3 is 16.0 Å². The lowest BCUT2D eigenvalue weighted by atomic mass is 10.0. The lowest BCUT2D eigenvalue weighted by Crippen LogP contribution is -2.46. The average molecular weight is 364 g/mol. The number of aryl methyl sites for hydroxylation is 1. The van der Waals surface area contributed by atoms with E-state index in [1.165, 1.54) is 11.5 Å². The van der Waals surface area contributed by atoms with Gasteiger partial charge in [0.15, 0.2) is 0 Å². The Morgan fingerprint density at radius 1 is 1.42 bits per heavy atom. The first-order valence-corrected chi connectivity index (χ1v) is 8.73. The van der Waals surface area contributed by atoms with Crippen molar-refractivity contribution in [1.82, 2.24) is 14.3 Å². The van der Waals surface area contributed by atoms with Gasteiger partial charge >= 0.3 is 0 Å². The van der Waals surface area contributed by atoms with E-state index in [2.05, 4.69) is 14.7 Å². The molecule has 126 valence electrons. The van der Waals surface area contributed by atoms with Crippen molar-refractivity contribution in [2.45, 2.75) is 26.3 Å². The molecule has 2 aromatic rings. The number of benzene rings is 1. The van der Waals surface area contributed by atoms with Crippen LogP contribution < -0.4 is 11.1 Å². The quantitative estimate of drug-likeness (QED) is 0.875. The SMILES string of the molecule is Cc1nsc(NC2=C(N)C(C)N(C(=O)c3ccc(Cl)cc3)CC2)n1. The van der Waals surface area contributed by atoms with Gasteiger partial charge in [-0.2, -0.15) is 4.37 Å². The Hall–Kier alpha value is -2.12. The molecule has 1 aliphatic heterocycles. The summed E-state index contributed by atoms with van der Waals surface area (Å²) in [5, 5.41) is 4.56. The van der Waals surface area contributed by atoms with Crippen molar-refractivity contribution < 1.29 is 4.79 Å². The largest absolute Gasteiger partial charge is 0.399 e. The van der Waals surface area contributed by atoms with E-state index in [1.54, 1.807) is 29.2 Å². The lowest BCUT2D eigenvalue weighted by Gasteiger charge is -2.35. The van der Waals surface area contributed by atoms with Gasteiger partial charge in [0, 0.05) is 40.8 Å². The number of nitrogens with zero attached hydrogens (tertiary/aromatic N) is 3. The Balaban J connectivity index is 1.77. The topological polar surface area (TPSA) is 84.1 Å². The molecule has 0 saturated carbocycles. The summed E-state index contributed by atoms with van der Waals surface area (Å²) >= 11 is 7.18. The molecule has 1 aliphatic rings. The maximum atomic E-state index is 12.7. The number of halogens is 1. The summed E-state index contributed by atoms with van der Waals surface area (Å²) in [5.74, 6) is 0.679. The van der Waals surface area contributed by atoms with Crippen LogP contribution in [0.2, 0.25) is 5.02 Å². The number of hydrogen-bond donors (Lipinski definition) is 2. The zero-order chi connectivity index (χ0) is 17.3. The fourth-order valence-corrected chi connectivity index (χ4v) is 3.36. The number of hydrogen-bond acceptors (Lipinski definition) is 6. The molecular formula is C16H18ClN5OS. The number of carbonyl (C=O) groups excluding carboxylic acids is 1. The van der Waals surface area contributed by atoms with Gasteiger partial charge in [0.25, 0.3) is 5.91 Å². The first-order chi connectivity index (χ1) is 11.5. The van der Waals surface area contributed by atoms with Crippen LogP contribution in [0.25, 0.3) is 0 Å². The fraction of sp³-hybridized carbons (Fsp3) is 0.312. The minimum absolute atomic E-state index is 0.0482. The summed E-state index contributed by atoms with van der Waals surface area (Å²) in [6.07, 6.45) is 0.647. The molecule has 0 spiro atoms. The molecule has 0 fully saturated rings. The van der Waals surface area contributed by atoms with Gasteiger partial charge in [-0.05, 0) is 38.1 Å². The van der Waals surface area contributed by atoms with E-state index in [0.717, 1.165) is 16.7 Å². The van der Waals surface area contributed by atoms with Crippen LogP contribution in [0.4, 0.5) is 5.13 Å². The molecule has 24 heavy (non-hydrogen) atoms. The number of aromatic nitrogens is 2. The van der Waals surface area contributed by atoms with E-state index in [9.17, 15) is 4.79 Å². The smallest absolute Gasteiger partial charge is 0.254 e. The van der Waals surface area contributed by atoms with Crippen LogP contribution >= 0.6 is 23.1 Å². The summed E-state index contributed by atoms with van der Waals surface area (Å²) in [7, 11) is 0. The number of nitrogens with two attached hydrogens (primary N) is 1. The number of amides is 1. The van der Waals surface area contributed by atoms with Gasteiger partial charge in [0.1, 0.15) is 5.82 Å². The second-order valence-corrected chi connectivity index (χ2v) is 6.83. The van der Waals surface area contributed by atoms with Gasteiger partial charge in [-0.3, -0.25) is 4.79 Å². The number of nitrogens with one attached hydrogen (secondary N) is 1. The van der Waals surface area contributed by atoms with E-state index >= 15 is 0 Å². The molecule has 0 aliphatic carbocycles. The molecule has 1 aromatic heterocycles. The zero-order valence-corrected chi connectivity index (χ0v) is 15.0. The van der Waals surface area contributed by atoms with Crippen LogP contribution in [0, 0.1) is 6.92 Å². The van der Waals surface area contributed by atoms with Crippen LogP contribution in [0.3, 0.4) is 0 Å². The molecule has 8 heteroatoms. The lowest BCUT2D eigenvalue weighted by molar-refractivity contribution is 0.0705. The molecule has 1 aromatic carbocycles. The van der Waals surface area contributed by atoms with Crippen molar-refractivity contribution in [3.05, 3.63) is 52.1 Å². The molecule has 0 bridgehead atoms. The second kappa shape index (κ2) is 6.78. The van der Waals surface area contributed by atoms with Crippen LogP contribution in [-0.4, -0.2) is 32.8 Å². The van der Waals surface area contributed by atoms with Crippen LogP contribution in [-0.2, 0) is 0 Å². The minimum Gasteiger partial charge on any atom is -0.399 e. The number of rotatable bonds is 3. The van der Waals surface area contributed by atoms with Gasteiger partial charge in [-0.15, -0.1) is 0 Å². The Bertz CT molecular complexity index is 786. The maximum absolute atomic E-state index is 12.7. The van der Waals surface area contributed by atoms with Gasteiger partial charge in [0.2, 0.25) is 5.13 Å². The Labute approximate surface area is 149 Å². The highest BCUT2D eigenvalue weighted by Gasteiger charge is 2.29.